The van der Waals surface area contributed by atoms with Crippen molar-refractivity contribution in [2.24, 2.45) is 0 Å². The zero-order valence-electron chi connectivity index (χ0n) is 35.1. The van der Waals surface area contributed by atoms with E-state index >= 15 is 0 Å². The Morgan fingerprint density at radius 3 is 1.32 bits per heavy atom. The molecule has 0 aliphatic carbocycles. The average molecular weight is 867 g/mol. The lowest BCUT2D eigenvalue weighted by Crippen LogP contribution is -2.13. The summed E-state index contributed by atoms with van der Waals surface area (Å²) in [5.74, 6) is 0. The van der Waals surface area contributed by atoms with Gasteiger partial charge in [-0.2, -0.15) is 0 Å². The fraction of sp³-hybridized carbons (Fsp3) is 0. The molecule has 0 N–H and O–H groups in total. The van der Waals surface area contributed by atoms with Gasteiger partial charge in [0.2, 0.25) is 0 Å². The van der Waals surface area contributed by atoms with Crippen molar-refractivity contribution in [1.29, 1.82) is 0 Å². The number of para-hydroxylation sites is 2. The molecule has 0 saturated carbocycles. The van der Waals surface area contributed by atoms with E-state index in [9.17, 15) is 0 Å². The predicted molar refractivity (Wildman–Crippen MR) is 280 cm³/mol. The fourth-order valence-electron chi connectivity index (χ4n) is 9.54. The number of nitrogens with zero attached hydrogens (tertiary/aromatic N) is 2. The minimum Gasteiger partial charge on any atom is -0.456 e. The molecule has 3 aromatic heterocycles. The molecule has 0 fully saturated rings. The van der Waals surface area contributed by atoms with Crippen LogP contribution in [0.1, 0.15) is 0 Å². The van der Waals surface area contributed by atoms with Crippen molar-refractivity contribution < 1.29 is 4.42 Å². The van der Waals surface area contributed by atoms with E-state index in [2.05, 4.69) is 228 Å². The summed E-state index contributed by atoms with van der Waals surface area (Å²) < 4.78 is 11.6. The first-order valence-electron chi connectivity index (χ1n) is 21.9. The van der Waals surface area contributed by atoms with Crippen LogP contribution in [0.2, 0.25) is 0 Å². The van der Waals surface area contributed by atoms with Gasteiger partial charge < -0.3 is 14.2 Å². The summed E-state index contributed by atoms with van der Waals surface area (Å²) in [5, 5.41) is 7.36. The molecule has 0 aliphatic rings. The highest BCUT2D eigenvalue weighted by molar-refractivity contribution is 7.26. The lowest BCUT2D eigenvalue weighted by Gasteiger charge is -2.30. The number of thiophene rings is 2. The van der Waals surface area contributed by atoms with Crippen LogP contribution in [0.4, 0.5) is 34.1 Å². The molecule has 0 unspecified atom stereocenters. The van der Waals surface area contributed by atoms with Gasteiger partial charge in [-0.15, -0.1) is 22.7 Å². The van der Waals surface area contributed by atoms with Gasteiger partial charge in [0.1, 0.15) is 11.2 Å². The Morgan fingerprint density at radius 1 is 0.246 bits per heavy atom. The standard InChI is InChI=1S/C60H38N2OS2/c1-3-13-39(14-4-1)40-23-26-44(27-24-40)62(46-29-32-54-52-19-9-12-22-58(52)65-60(54)38-46)48-34-42(41-25-30-50-49-17-7-10-20-55(49)63-56(50)35-41)33-47(36-48)61(43-15-5-2-6-16-43)45-28-31-53-51-18-8-11-21-57(51)64-59(53)37-45/h1-38H. The fourth-order valence-corrected chi connectivity index (χ4v) is 11.8. The van der Waals surface area contributed by atoms with Gasteiger partial charge in [0.15, 0.2) is 0 Å². The van der Waals surface area contributed by atoms with Crippen molar-refractivity contribution in [3.05, 3.63) is 231 Å². The summed E-state index contributed by atoms with van der Waals surface area (Å²) in [4.78, 5) is 4.83. The first-order valence-corrected chi connectivity index (χ1v) is 23.5. The molecule has 0 saturated heterocycles. The predicted octanol–water partition coefficient (Wildman–Crippen LogP) is 18.6. The molecule has 0 atom stereocenters. The molecule has 0 spiro atoms. The third kappa shape index (κ3) is 6.55. The van der Waals surface area contributed by atoms with Crippen molar-refractivity contribution in [3.8, 4) is 22.3 Å². The normalized spacial score (nSPS) is 11.7. The molecule has 3 nitrogen and oxygen atoms in total. The SMILES string of the molecule is c1ccc(-c2ccc(N(c3cc(-c4ccc5c(c4)oc4ccccc45)cc(N(c4ccccc4)c4ccc5c(c4)sc4ccccc45)c3)c3ccc4c(c3)sc3ccccc34)cc2)cc1. The molecule has 0 bridgehead atoms. The van der Waals surface area contributed by atoms with Crippen molar-refractivity contribution in [2.75, 3.05) is 9.80 Å². The van der Waals surface area contributed by atoms with E-state index in [4.69, 9.17) is 4.42 Å². The Labute approximate surface area is 383 Å². The van der Waals surface area contributed by atoms with Crippen LogP contribution >= 0.6 is 22.7 Å². The average Bonchev–Trinajstić information content (AvgIpc) is 4.05. The number of benzene rings is 10. The Bertz CT molecular complexity index is 3900. The second-order valence-corrected chi connectivity index (χ2v) is 18.7. The van der Waals surface area contributed by atoms with Gasteiger partial charge >= 0.3 is 0 Å². The van der Waals surface area contributed by atoms with Crippen molar-refractivity contribution in [2.45, 2.75) is 0 Å². The summed E-state index contributed by atoms with van der Waals surface area (Å²) in [6.07, 6.45) is 0. The Hall–Kier alpha value is -7.96. The number of furan rings is 1. The molecule has 0 aliphatic heterocycles. The van der Waals surface area contributed by atoms with Gasteiger partial charge in [-0.25, -0.2) is 0 Å². The van der Waals surface area contributed by atoms with Gasteiger partial charge in [0.05, 0.1) is 0 Å². The third-order valence-electron chi connectivity index (χ3n) is 12.6. The Kier molecular flexibility index (Phi) is 8.90. The van der Waals surface area contributed by atoms with Gasteiger partial charge in [0, 0.05) is 85.2 Å². The molecule has 13 rings (SSSR count). The summed E-state index contributed by atoms with van der Waals surface area (Å²) in [7, 11) is 0. The Morgan fingerprint density at radius 2 is 0.692 bits per heavy atom. The second kappa shape index (κ2) is 15.4. The van der Waals surface area contributed by atoms with Crippen LogP contribution in [0.5, 0.6) is 0 Å². The minimum atomic E-state index is 0.870. The topological polar surface area (TPSA) is 19.6 Å². The monoisotopic (exact) mass is 866 g/mol. The van der Waals surface area contributed by atoms with Crippen LogP contribution in [-0.2, 0) is 0 Å². The second-order valence-electron chi connectivity index (χ2n) is 16.5. The van der Waals surface area contributed by atoms with E-state index in [0.717, 1.165) is 67.2 Å². The van der Waals surface area contributed by atoms with Crippen LogP contribution < -0.4 is 9.80 Å². The van der Waals surface area contributed by atoms with E-state index in [1.807, 2.05) is 34.8 Å². The van der Waals surface area contributed by atoms with Gasteiger partial charge in [0.25, 0.3) is 0 Å². The van der Waals surface area contributed by atoms with E-state index in [-0.39, 0.29) is 0 Å². The van der Waals surface area contributed by atoms with Crippen molar-refractivity contribution in [3.63, 3.8) is 0 Å². The first kappa shape index (κ1) is 37.6. The van der Waals surface area contributed by atoms with Crippen LogP contribution in [0.3, 0.4) is 0 Å². The van der Waals surface area contributed by atoms with Crippen LogP contribution in [0.15, 0.2) is 235 Å². The molecule has 10 aromatic carbocycles. The molecule has 0 amide bonds. The summed E-state index contributed by atoms with van der Waals surface area (Å²) in [6.45, 7) is 0. The zero-order valence-corrected chi connectivity index (χ0v) is 36.7. The maximum absolute atomic E-state index is 6.51. The highest BCUT2D eigenvalue weighted by atomic mass is 32.1. The molecular weight excluding hydrogens is 829 g/mol. The molecule has 306 valence electrons. The first-order chi connectivity index (χ1) is 32.2. The number of anilines is 6. The summed E-state index contributed by atoms with van der Waals surface area (Å²) in [6, 6.07) is 83.7. The molecule has 0 radical (unpaired) electrons. The van der Waals surface area contributed by atoms with Crippen LogP contribution in [0, 0.1) is 0 Å². The number of fused-ring (bicyclic) bond motifs is 9. The minimum absolute atomic E-state index is 0.870. The largest absolute Gasteiger partial charge is 0.456 e. The molecule has 13 aromatic rings. The smallest absolute Gasteiger partial charge is 0.136 e. The lowest BCUT2D eigenvalue weighted by molar-refractivity contribution is 0.669. The van der Waals surface area contributed by atoms with E-state index in [1.165, 1.54) is 51.5 Å². The third-order valence-corrected chi connectivity index (χ3v) is 14.9. The van der Waals surface area contributed by atoms with Crippen LogP contribution in [-0.4, -0.2) is 0 Å². The molecule has 5 heteroatoms. The highest BCUT2D eigenvalue weighted by Gasteiger charge is 2.22. The van der Waals surface area contributed by atoms with E-state index in [0.29, 0.717) is 0 Å². The van der Waals surface area contributed by atoms with Gasteiger partial charge in [-0.05, 0) is 119 Å². The van der Waals surface area contributed by atoms with Crippen molar-refractivity contribution >= 4 is 119 Å². The quantitative estimate of drug-likeness (QED) is 0.152. The molecule has 65 heavy (non-hydrogen) atoms. The van der Waals surface area contributed by atoms with Gasteiger partial charge in [-0.1, -0.05) is 133 Å². The molecular formula is C60H38N2OS2. The summed E-state index contributed by atoms with van der Waals surface area (Å²) in [5.41, 5.74) is 12.7. The lowest BCUT2D eigenvalue weighted by atomic mass is 10.00. The maximum Gasteiger partial charge on any atom is 0.136 e. The van der Waals surface area contributed by atoms with E-state index < -0.39 is 0 Å². The molecule has 3 heterocycles. The zero-order chi connectivity index (χ0) is 42.8. The van der Waals surface area contributed by atoms with E-state index in [1.54, 1.807) is 0 Å². The van der Waals surface area contributed by atoms with Crippen LogP contribution in [0.25, 0.3) is 84.5 Å². The summed E-state index contributed by atoms with van der Waals surface area (Å²) >= 11 is 3.69. The highest BCUT2D eigenvalue weighted by Crippen LogP contribution is 2.47. The number of hydrogen-bond acceptors (Lipinski definition) is 5. The number of rotatable bonds is 8. The number of hydrogen-bond donors (Lipinski definition) is 0. The maximum atomic E-state index is 6.51. The van der Waals surface area contributed by atoms with Gasteiger partial charge in [-0.3, -0.25) is 0 Å². The Balaban J connectivity index is 1.06. The van der Waals surface area contributed by atoms with Crippen molar-refractivity contribution in [1.82, 2.24) is 0 Å².